The molecular formula is C13H14N4O4S. The summed E-state index contributed by atoms with van der Waals surface area (Å²) in [5.41, 5.74) is 0.761. The SMILES string of the molecule is CO[C@H]1COC[C@H]1n1c(C#N)cc2cnc(S(C)(=O)=O)nc21. The molecule has 0 N–H and O–H groups in total. The van der Waals surface area contributed by atoms with Crippen LogP contribution in [-0.4, -0.2) is 55.6 Å². The number of aromatic nitrogens is 3. The monoisotopic (exact) mass is 322 g/mol. The lowest BCUT2D eigenvalue weighted by atomic mass is 10.2. The van der Waals surface area contributed by atoms with Crippen molar-refractivity contribution in [3.63, 3.8) is 0 Å². The molecule has 3 rings (SSSR count). The fourth-order valence-electron chi connectivity index (χ4n) is 2.58. The minimum absolute atomic E-state index is 0.223. The van der Waals surface area contributed by atoms with E-state index in [2.05, 4.69) is 16.0 Å². The van der Waals surface area contributed by atoms with Gasteiger partial charge in [0.05, 0.1) is 19.3 Å². The minimum atomic E-state index is -3.53. The van der Waals surface area contributed by atoms with Crippen LogP contribution in [0.2, 0.25) is 0 Å². The van der Waals surface area contributed by atoms with Crippen molar-refractivity contribution in [1.82, 2.24) is 14.5 Å². The Labute approximate surface area is 127 Å². The van der Waals surface area contributed by atoms with Gasteiger partial charge in [-0.25, -0.2) is 13.4 Å². The van der Waals surface area contributed by atoms with Gasteiger partial charge in [0.15, 0.2) is 0 Å². The summed E-state index contributed by atoms with van der Waals surface area (Å²) >= 11 is 0. The molecule has 2 atom stereocenters. The molecule has 9 heteroatoms. The van der Waals surface area contributed by atoms with E-state index in [-0.39, 0.29) is 17.3 Å². The highest BCUT2D eigenvalue weighted by molar-refractivity contribution is 7.90. The van der Waals surface area contributed by atoms with E-state index in [9.17, 15) is 13.7 Å². The van der Waals surface area contributed by atoms with Gasteiger partial charge in [0.25, 0.3) is 0 Å². The smallest absolute Gasteiger partial charge is 0.248 e. The number of hydrogen-bond acceptors (Lipinski definition) is 7. The summed E-state index contributed by atoms with van der Waals surface area (Å²) < 4.78 is 35.8. The third-order valence-electron chi connectivity index (χ3n) is 3.63. The molecule has 0 unspecified atom stereocenters. The van der Waals surface area contributed by atoms with Crippen LogP contribution < -0.4 is 0 Å². The summed E-state index contributed by atoms with van der Waals surface area (Å²) in [6.45, 7) is 0.783. The summed E-state index contributed by atoms with van der Waals surface area (Å²) in [6, 6.07) is 3.49. The highest BCUT2D eigenvalue weighted by atomic mass is 32.2. The minimum Gasteiger partial charge on any atom is -0.377 e. The second-order valence-corrected chi connectivity index (χ2v) is 7.00. The molecule has 0 amide bonds. The van der Waals surface area contributed by atoms with Crippen molar-refractivity contribution >= 4 is 20.9 Å². The predicted octanol–water partition coefficient (Wildman–Crippen LogP) is 0.293. The van der Waals surface area contributed by atoms with Crippen LogP contribution in [0, 0.1) is 11.3 Å². The standard InChI is InChI=1S/C13H14N4O4S/c1-20-11-7-21-6-10(11)17-9(4-14)3-8-5-15-13(16-12(8)17)22(2,18)19/h3,5,10-11H,6-7H2,1-2H3/t10-,11+/m1/s1. The molecule has 0 aromatic carbocycles. The number of nitriles is 1. The summed E-state index contributed by atoms with van der Waals surface area (Å²) in [4.78, 5) is 7.98. The van der Waals surface area contributed by atoms with Crippen molar-refractivity contribution in [3.8, 4) is 6.07 Å². The van der Waals surface area contributed by atoms with E-state index in [4.69, 9.17) is 9.47 Å². The molecular weight excluding hydrogens is 308 g/mol. The molecule has 2 aromatic heterocycles. The van der Waals surface area contributed by atoms with Gasteiger partial charge in [-0.1, -0.05) is 0 Å². The van der Waals surface area contributed by atoms with Crippen LogP contribution in [0.15, 0.2) is 17.4 Å². The summed E-state index contributed by atoms with van der Waals surface area (Å²) in [5, 5.41) is 9.68. The maximum Gasteiger partial charge on any atom is 0.248 e. The third-order valence-corrected chi connectivity index (χ3v) is 4.49. The Balaban J connectivity index is 2.25. The molecule has 2 aromatic rings. The van der Waals surface area contributed by atoms with Crippen molar-refractivity contribution in [3.05, 3.63) is 18.0 Å². The molecule has 1 saturated heterocycles. The van der Waals surface area contributed by atoms with Crippen LogP contribution in [0.4, 0.5) is 0 Å². The van der Waals surface area contributed by atoms with E-state index in [1.54, 1.807) is 17.7 Å². The average molecular weight is 322 g/mol. The molecule has 0 bridgehead atoms. The fourth-order valence-corrected chi connectivity index (χ4v) is 3.08. The number of ether oxygens (including phenoxy) is 2. The van der Waals surface area contributed by atoms with Gasteiger partial charge in [-0.05, 0) is 6.07 Å². The Morgan fingerprint density at radius 2 is 2.27 bits per heavy atom. The van der Waals surface area contributed by atoms with Gasteiger partial charge in [-0.15, -0.1) is 0 Å². The Morgan fingerprint density at radius 3 is 2.91 bits per heavy atom. The van der Waals surface area contributed by atoms with Crippen LogP contribution in [0.1, 0.15) is 11.7 Å². The van der Waals surface area contributed by atoms with Gasteiger partial charge < -0.3 is 14.0 Å². The molecule has 0 radical (unpaired) electrons. The van der Waals surface area contributed by atoms with Crippen molar-refractivity contribution < 1.29 is 17.9 Å². The van der Waals surface area contributed by atoms with Gasteiger partial charge in [0.2, 0.25) is 15.0 Å². The van der Waals surface area contributed by atoms with E-state index < -0.39 is 9.84 Å². The van der Waals surface area contributed by atoms with Crippen molar-refractivity contribution in [2.24, 2.45) is 0 Å². The van der Waals surface area contributed by atoms with E-state index in [0.29, 0.717) is 29.9 Å². The summed E-state index contributed by atoms with van der Waals surface area (Å²) in [5.74, 6) is 0. The van der Waals surface area contributed by atoms with Crippen molar-refractivity contribution in [2.45, 2.75) is 17.3 Å². The largest absolute Gasteiger partial charge is 0.377 e. The van der Waals surface area contributed by atoms with E-state index >= 15 is 0 Å². The Bertz CT molecular complexity index is 868. The lowest BCUT2D eigenvalue weighted by Crippen LogP contribution is -2.25. The molecule has 3 heterocycles. The molecule has 116 valence electrons. The number of hydrogen-bond donors (Lipinski definition) is 0. The normalized spacial score (nSPS) is 22.0. The van der Waals surface area contributed by atoms with Crippen LogP contribution >= 0.6 is 0 Å². The van der Waals surface area contributed by atoms with E-state index in [1.807, 2.05) is 0 Å². The van der Waals surface area contributed by atoms with Gasteiger partial charge in [0.1, 0.15) is 23.5 Å². The molecule has 22 heavy (non-hydrogen) atoms. The Kier molecular flexibility index (Phi) is 3.60. The molecule has 0 spiro atoms. The van der Waals surface area contributed by atoms with Gasteiger partial charge in [-0.3, -0.25) is 0 Å². The quantitative estimate of drug-likeness (QED) is 0.747. The first kappa shape index (κ1) is 14.9. The number of sulfone groups is 1. The average Bonchev–Trinajstić information content (AvgIpc) is 3.08. The second kappa shape index (κ2) is 5.31. The van der Waals surface area contributed by atoms with Gasteiger partial charge >= 0.3 is 0 Å². The molecule has 0 saturated carbocycles. The molecule has 1 aliphatic heterocycles. The molecule has 1 aliphatic rings. The van der Waals surface area contributed by atoms with E-state index in [0.717, 1.165) is 6.26 Å². The first-order valence-corrected chi connectivity index (χ1v) is 8.43. The van der Waals surface area contributed by atoms with Crippen LogP contribution in [0.3, 0.4) is 0 Å². The van der Waals surface area contributed by atoms with Crippen LogP contribution in [0.25, 0.3) is 11.0 Å². The number of nitrogens with zero attached hydrogens (tertiary/aromatic N) is 4. The highest BCUT2D eigenvalue weighted by Gasteiger charge is 2.33. The van der Waals surface area contributed by atoms with E-state index in [1.165, 1.54) is 6.20 Å². The zero-order valence-corrected chi connectivity index (χ0v) is 12.9. The first-order chi connectivity index (χ1) is 10.5. The van der Waals surface area contributed by atoms with Crippen molar-refractivity contribution in [2.75, 3.05) is 26.6 Å². The zero-order valence-electron chi connectivity index (χ0n) is 12.1. The van der Waals surface area contributed by atoms with Crippen LogP contribution in [0.5, 0.6) is 0 Å². The Hall–Kier alpha value is -2.02. The number of methoxy groups -OCH3 is 1. The maximum absolute atomic E-state index is 11.7. The maximum atomic E-state index is 11.7. The second-order valence-electron chi connectivity index (χ2n) is 5.09. The topological polar surface area (TPSA) is 107 Å². The molecule has 8 nitrogen and oxygen atoms in total. The molecule has 1 fully saturated rings. The zero-order chi connectivity index (χ0) is 15.9. The highest BCUT2D eigenvalue weighted by Crippen LogP contribution is 2.29. The van der Waals surface area contributed by atoms with Gasteiger partial charge in [0, 0.05) is 24.9 Å². The number of rotatable bonds is 3. The summed E-state index contributed by atoms with van der Waals surface area (Å²) in [6.07, 6.45) is 2.23. The third kappa shape index (κ3) is 2.35. The fraction of sp³-hybridized carbons (Fsp3) is 0.462. The van der Waals surface area contributed by atoms with Gasteiger partial charge in [-0.2, -0.15) is 10.2 Å². The first-order valence-electron chi connectivity index (χ1n) is 6.54. The number of fused-ring (bicyclic) bond motifs is 1. The lowest BCUT2D eigenvalue weighted by molar-refractivity contribution is 0.0690. The Morgan fingerprint density at radius 1 is 1.50 bits per heavy atom. The summed E-state index contributed by atoms with van der Waals surface area (Å²) in [7, 11) is -1.96. The van der Waals surface area contributed by atoms with Crippen molar-refractivity contribution in [1.29, 1.82) is 5.26 Å². The molecule has 0 aliphatic carbocycles. The predicted molar refractivity (Wildman–Crippen MR) is 76.0 cm³/mol. The lowest BCUT2D eigenvalue weighted by Gasteiger charge is -2.19. The van der Waals surface area contributed by atoms with Crippen LogP contribution in [-0.2, 0) is 19.3 Å².